The van der Waals surface area contributed by atoms with Gasteiger partial charge in [-0.15, -0.1) is 0 Å². The summed E-state index contributed by atoms with van der Waals surface area (Å²) in [4.78, 5) is 10.8. The first-order chi connectivity index (χ1) is 7.70. The number of hydrogen-bond donors (Lipinski definition) is 0. The zero-order valence-electron chi connectivity index (χ0n) is 10.8. The zero-order chi connectivity index (χ0) is 11.5. The van der Waals surface area contributed by atoms with Crippen molar-refractivity contribution in [1.82, 2.24) is 0 Å². The van der Waals surface area contributed by atoms with E-state index >= 15 is 0 Å². The van der Waals surface area contributed by atoms with Gasteiger partial charge in [-0.2, -0.15) is 0 Å². The van der Waals surface area contributed by atoms with Gasteiger partial charge in [0.1, 0.15) is 6.29 Å². The monoisotopic (exact) mass is 222 g/mol. The second-order valence-electron chi connectivity index (χ2n) is 6.37. The molecule has 1 heteroatoms. The highest BCUT2D eigenvalue weighted by molar-refractivity contribution is 5.53. The summed E-state index contributed by atoms with van der Waals surface area (Å²) in [6.45, 7) is 4.85. The number of hydrogen-bond acceptors (Lipinski definition) is 1. The maximum Gasteiger partial charge on any atom is 0.123 e. The highest BCUT2D eigenvalue weighted by Gasteiger charge is 2.33. The van der Waals surface area contributed by atoms with E-state index in [0.29, 0.717) is 5.92 Å². The summed E-state index contributed by atoms with van der Waals surface area (Å²) in [5.41, 5.74) is 0. The van der Waals surface area contributed by atoms with Crippen LogP contribution < -0.4 is 0 Å². The molecule has 0 bridgehead atoms. The van der Waals surface area contributed by atoms with Crippen molar-refractivity contribution in [2.24, 2.45) is 29.6 Å². The SMILES string of the molecule is CC1CCC(C2CCC(C=O)CC2)C(C)C1. The molecular weight excluding hydrogens is 196 g/mol. The van der Waals surface area contributed by atoms with Crippen LogP contribution in [0.5, 0.6) is 0 Å². The van der Waals surface area contributed by atoms with E-state index in [1.807, 2.05) is 0 Å². The Hall–Kier alpha value is -0.330. The van der Waals surface area contributed by atoms with Crippen molar-refractivity contribution in [3.05, 3.63) is 0 Å². The fraction of sp³-hybridized carbons (Fsp3) is 0.933. The maximum absolute atomic E-state index is 10.8. The summed E-state index contributed by atoms with van der Waals surface area (Å²) in [5.74, 6) is 4.13. The number of rotatable bonds is 2. The molecule has 3 atom stereocenters. The zero-order valence-corrected chi connectivity index (χ0v) is 10.8. The molecule has 1 nitrogen and oxygen atoms in total. The van der Waals surface area contributed by atoms with Crippen LogP contribution in [0.3, 0.4) is 0 Å². The lowest BCUT2D eigenvalue weighted by molar-refractivity contribution is -0.112. The van der Waals surface area contributed by atoms with Crippen molar-refractivity contribution >= 4 is 6.29 Å². The van der Waals surface area contributed by atoms with Gasteiger partial charge in [0.2, 0.25) is 0 Å². The molecule has 2 saturated carbocycles. The van der Waals surface area contributed by atoms with E-state index in [9.17, 15) is 4.79 Å². The summed E-state index contributed by atoms with van der Waals surface area (Å²) in [6, 6.07) is 0. The molecule has 0 N–H and O–H groups in total. The van der Waals surface area contributed by atoms with Crippen LogP contribution in [0.1, 0.15) is 58.8 Å². The minimum absolute atomic E-state index is 0.383. The van der Waals surface area contributed by atoms with E-state index in [2.05, 4.69) is 13.8 Å². The van der Waals surface area contributed by atoms with Crippen molar-refractivity contribution in [2.75, 3.05) is 0 Å². The Balaban J connectivity index is 1.86. The summed E-state index contributed by atoms with van der Waals surface area (Å²) < 4.78 is 0. The molecule has 2 fully saturated rings. The summed E-state index contributed by atoms with van der Waals surface area (Å²) in [5, 5.41) is 0. The molecule has 0 aromatic rings. The predicted molar refractivity (Wildman–Crippen MR) is 67.2 cm³/mol. The van der Waals surface area contributed by atoms with E-state index in [4.69, 9.17) is 0 Å². The van der Waals surface area contributed by atoms with Crippen molar-refractivity contribution < 1.29 is 4.79 Å². The molecule has 2 rings (SSSR count). The van der Waals surface area contributed by atoms with Crippen molar-refractivity contribution in [2.45, 2.75) is 58.8 Å². The van der Waals surface area contributed by atoms with Crippen LogP contribution in [0.25, 0.3) is 0 Å². The average molecular weight is 222 g/mol. The molecule has 0 radical (unpaired) electrons. The van der Waals surface area contributed by atoms with Crippen LogP contribution in [0.2, 0.25) is 0 Å². The van der Waals surface area contributed by atoms with E-state index in [-0.39, 0.29) is 0 Å². The molecule has 2 aliphatic carbocycles. The molecule has 0 saturated heterocycles. The van der Waals surface area contributed by atoms with E-state index in [1.54, 1.807) is 0 Å². The van der Waals surface area contributed by atoms with Gasteiger partial charge >= 0.3 is 0 Å². The van der Waals surface area contributed by atoms with Gasteiger partial charge in [-0.25, -0.2) is 0 Å². The molecular formula is C15H26O. The molecule has 0 aliphatic heterocycles. The summed E-state index contributed by atoms with van der Waals surface area (Å²) >= 11 is 0. The standard InChI is InChI=1S/C15H26O/c1-11-3-8-15(12(2)9-11)14-6-4-13(10-16)5-7-14/h10-15H,3-9H2,1-2H3. The van der Waals surface area contributed by atoms with Crippen molar-refractivity contribution in [1.29, 1.82) is 0 Å². The second-order valence-corrected chi connectivity index (χ2v) is 6.37. The third kappa shape index (κ3) is 2.67. The van der Waals surface area contributed by atoms with E-state index in [1.165, 1.54) is 38.4 Å². The summed E-state index contributed by atoms with van der Waals surface area (Å²) in [7, 11) is 0. The van der Waals surface area contributed by atoms with Crippen molar-refractivity contribution in [3.8, 4) is 0 Å². The first-order valence-electron chi connectivity index (χ1n) is 7.16. The van der Waals surface area contributed by atoms with Gasteiger partial charge in [0, 0.05) is 5.92 Å². The molecule has 0 aromatic carbocycles. The van der Waals surface area contributed by atoms with E-state index in [0.717, 1.165) is 36.5 Å². The fourth-order valence-corrected chi connectivity index (χ4v) is 4.10. The van der Waals surface area contributed by atoms with Gasteiger partial charge < -0.3 is 4.79 Å². The van der Waals surface area contributed by atoms with Crippen molar-refractivity contribution in [3.63, 3.8) is 0 Å². The van der Waals surface area contributed by atoms with Crippen LogP contribution in [0, 0.1) is 29.6 Å². The van der Waals surface area contributed by atoms with Gasteiger partial charge in [0.15, 0.2) is 0 Å². The molecule has 0 heterocycles. The minimum atomic E-state index is 0.383. The highest BCUT2D eigenvalue weighted by atomic mass is 16.1. The molecule has 16 heavy (non-hydrogen) atoms. The molecule has 0 aromatic heterocycles. The van der Waals surface area contributed by atoms with Crippen LogP contribution in [-0.2, 0) is 4.79 Å². The molecule has 0 amide bonds. The maximum atomic E-state index is 10.8. The predicted octanol–water partition coefficient (Wildman–Crippen LogP) is 4.06. The smallest absolute Gasteiger partial charge is 0.123 e. The molecule has 2 aliphatic rings. The lowest BCUT2D eigenvalue weighted by atomic mass is 9.65. The lowest BCUT2D eigenvalue weighted by Crippen LogP contribution is -2.30. The normalized spacial score (nSPS) is 45.2. The Bertz CT molecular complexity index is 228. The highest BCUT2D eigenvalue weighted by Crippen LogP contribution is 2.43. The van der Waals surface area contributed by atoms with Gasteiger partial charge in [0.05, 0.1) is 0 Å². The van der Waals surface area contributed by atoms with E-state index < -0.39 is 0 Å². The van der Waals surface area contributed by atoms with Gasteiger partial charge in [-0.05, 0) is 62.2 Å². The topological polar surface area (TPSA) is 17.1 Å². The van der Waals surface area contributed by atoms with Gasteiger partial charge in [-0.3, -0.25) is 0 Å². The molecule has 3 unspecified atom stereocenters. The van der Waals surface area contributed by atoms with Crippen LogP contribution in [0.4, 0.5) is 0 Å². The van der Waals surface area contributed by atoms with Gasteiger partial charge in [0.25, 0.3) is 0 Å². The number of aldehydes is 1. The third-order valence-electron chi connectivity index (χ3n) is 5.11. The van der Waals surface area contributed by atoms with Crippen LogP contribution in [-0.4, -0.2) is 6.29 Å². The third-order valence-corrected chi connectivity index (χ3v) is 5.11. The first kappa shape index (κ1) is 12.1. The first-order valence-corrected chi connectivity index (χ1v) is 7.16. The quantitative estimate of drug-likeness (QED) is 0.644. The Morgan fingerprint density at radius 1 is 0.938 bits per heavy atom. The summed E-state index contributed by atoms with van der Waals surface area (Å²) in [6.07, 6.45) is 10.4. The second kappa shape index (κ2) is 5.33. The number of carbonyl (C=O) groups is 1. The Kier molecular flexibility index (Phi) is 4.05. The average Bonchev–Trinajstić information content (AvgIpc) is 2.29. The Labute approximate surface area is 100.0 Å². The van der Waals surface area contributed by atoms with Gasteiger partial charge in [-0.1, -0.05) is 20.3 Å². The van der Waals surface area contributed by atoms with Crippen LogP contribution >= 0.6 is 0 Å². The Morgan fingerprint density at radius 2 is 1.62 bits per heavy atom. The minimum Gasteiger partial charge on any atom is -0.303 e. The number of carbonyl (C=O) groups excluding carboxylic acids is 1. The molecule has 0 spiro atoms. The van der Waals surface area contributed by atoms with Crippen LogP contribution in [0.15, 0.2) is 0 Å². The Morgan fingerprint density at radius 3 is 2.19 bits per heavy atom. The molecule has 92 valence electrons. The lowest BCUT2D eigenvalue weighted by Gasteiger charge is -2.40. The largest absolute Gasteiger partial charge is 0.303 e. The fourth-order valence-electron chi connectivity index (χ4n) is 4.10.